The summed E-state index contributed by atoms with van der Waals surface area (Å²) in [5.41, 5.74) is 0. The van der Waals surface area contributed by atoms with Crippen molar-refractivity contribution in [3.8, 4) is 0 Å². The fraction of sp³-hybridized carbons (Fsp3) is 0.667. The average Bonchev–Trinajstić information content (AvgIpc) is 2.48. The molecule has 1 saturated heterocycles. The highest BCUT2D eigenvalue weighted by Crippen LogP contribution is 2.00. The van der Waals surface area contributed by atoms with Gasteiger partial charge in [0.15, 0.2) is 6.10 Å². The Morgan fingerprint density at radius 1 is 1.75 bits per heavy atom. The minimum absolute atomic E-state index is 0.245. The van der Waals surface area contributed by atoms with Crippen LogP contribution < -0.4 is 5.32 Å². The van der Waals surface area contributed by atoms with Crippen LogP contribution in [0.2, 0.25) is 0 Å². The van der Waals surface area contributed by atoms with Gasteiger partial charge in [-0.05, 0) is 0 Å². The van der Waals surface area contributed by atoms with Crippen LogP contribution in [-0.4, -0.2) is 52.9 Å². The van der Waals surface area contributed by atoms with Crippen LogP contribution in [0, 0.1) is 0 Å². The standard InChI is InChI=1S/C6H10N2O4/c9-3-4(10)5(11)8-2-1-7-6(8)12/h4,9-10H,1-3H2,(H,7,12). The first-order chi connectivity index (χ1) is 5.66. The van der Waals surface area contributed by atoms with Crippen molar-refractivity contribution in [3.63, 3.8) is 0 Å². The van der Waals surface area contributed by atoms with Gasteiger partial charge in [0.1, 0.15) is 0 Å². The zero-order valence-electron chi connectivity index (χ0n) is 6.36. The lowest BCUT2D eigenvalue weighted by Crippen LogP contribution is -2.42. The van der Waals surface area contributed by atoms with Crippen LogP contribution in [0.4, 0.5) is 4.79 Å². The van der Waals surface area contributed by atoms with Gasteiger partial charge in [-0.25, -0.2) is 4.79 Å². The number of amides is 3. The Morgan fingerprint density at radius 3 is 2.83 bits per heavy atom. The predicted molar refractivity (Wildman–Crippen MR) is 38.2 cm³/mol. The average molecular weight is 174 g/mol. The zero-order chi connectivity index (χ0) is 9.14. The molecule has 3 N–H and O–H groups in total. The summed E-state index contributed by atoms with van der Waals surface area (Å²) in [6.07, 6.45) is -1.49. The van der Waals surface area contributed by atoms with E-state index in [0.29, 0.717) is 6.54 Å². The fourth-order valence-electron chi connectivity index (χ4n) is 0.940. The minimum Gasteiger partial charge on any atom is -0.393 e. The molecule has 6 nitrogen and oxygen atoms in total. The normalized spacial score (nSPS) is 19.2. The highest BCUT2D eigenvalue weighted by Gasteiger charge is 2.30. The molecule has 0 bridgehead atoms. The Hall–Kier alpha value is -1.14. The van der Waals surface area contributed by atoms with E-state index in [1.54, 1.807) is 0 Å². The predicted octanol–water partition coefficient (Wildman–Crippen LogP) is -2.11. The zero-order valence-corrected chi connectivity index (χ0v) is 6.36. The molecule has 0 aliphatic carbocycles. The van der Waals surface area contributed by atoms with Crippen LogP contribution in [0.15, 0.2) is 0 Å². The number of nitrogens with one attached hydrogen (secondary N) is 1. The van der Waals surface area contributed by atoms with Gasteiger partial charge in [-0.15, -0.1) is 0 Å². The smallest absolute Gasteiger partial charge is 0.324 e. The van der Waals surface area contributed by atoms with E-state index in [0.717, 1.165) is 4.90 Å². The molecule has 0 saturated carbocycles. The number of urea groups is 1. The van der Waals surface area contributed by atoms with Gasteiger partial charge in [-0.2, -0.15) is 0 Å². The van der Waals surface area contributed by atoms with Crippen LogP contribution in [0.25, 0.3) is 0 Å². The Balaban J connectivity index is 2.57. The molecule has 6 heteroatoms. The van der Waals surface area contributed by atoms with Gasteiger partial charge in [-0.1, -0.05) is 0 Å². The van der Waals surface area contributed by atoms with Crippen molar-refractivity contribution >= 4 is 11.9 Å². The maximum absolute atomic E-state index is 11.0. The van der Waals surface area contributed by atoms with Gasteiger partial charge < -0.3 is 15.5 Å². The third kappa shape index (κ3) is 1.54. The largest absolute Gasteiger partial charge is 0.393 e. The molecule has 68 valence electrons. The molecule has 1 atom stereocenters. The number of imide groups is 1. The van der Waals surface area contributed by atoms with Gasteiger partial charge in [0.25, 0.3) is 5.91 Å². The van der Waals surface area contributed by atoms with E-state index < -0.39 is 24.6 Å². The van der Waals surface area contributed by atoms with E-state index in [1.165, 1.54) is 0 Å². The molecule has 0 aromatic heterocycles. The second-order valence-corrected chi connectivity index (χ2v) is 2.42. The van der Waals surface area contributed by atoms with Crippen LogP contribution in [0.3, 0.4) is 0 Å². The summed E-state index contributed by atoms with van der Waals surface area (Å²) < 4.78 is 0. The van der Waals surface area contributed by atoms with Crippen LogP contribution in [-0.2, 0) is 4.79 Å². The summed E-state index contributed by atoms with van der Waals surface area (Å²) in [6, 6.07) is -0.521. The first-order valence-corrected chi connectivity index (χ1v) is 3.55. The summed E-state index contributed by atoms with van der Waals surface area (Å²) in [7, 11) is 0. The number of hydrogen-bond acceptors (Lipinski definition) is 4. The van der Waals surface area contributed by atoms with E-state index in [4.69, 9.17) is 10.2 Å². The van der Waals surface area contributed by atoms with Crippen molar-refractivity contribution in [1.82, 2.24) is 10.2 Å². The quantitative estimate of drug-likeness (QED) is 0.447. The lowest BCUT2D eigenvalue weighted by molar-refractivity contribution is -0.138. The molecule has 1 rings (SSSR count). The molecule has 3 amide bonds. The van der Waals surface area contributed by atoms with Crippen LogP contribution >= 0.6 is 0 Å². The molecule has 0 radical (unpaired) electrons. The van der Waals surface area contributed by atoms with Crippen molar-refractivity contribution < 1.29 is 19.8 Å². The Morgan fingerprint density at radius 2 is 2.42 bits per heavy atom. The SMILES string of the molecule is O=C1NCCN1C(=O)C(O)CO. The van der Waals surface area contributed by atoms with Crippen molar-refractivity contribution in [3.05, 3.63) is 0 Å². The number of carbonyl (C=O) groups excluding carboxylic acids is 2. The number of carbonyl (C=O) groups is 2. The Bertz CT molecular complexity index is 206. The first-order valence-electron chi connectivity index (χ1n) is 3.55. The topological polar surface area (TPSA) is 89.9 Å². The summed E-state index contributed by atoms with van der Waals surface area (Å²) in [5.74, 6) is -0.757. The monoisotopic (exact) mass is 174 g/mol. The van der Waals surface area contributed by atoms with Crippen molar-refractivity contribution in [2.75, 3.05) is 19.7 Å². The van der Waals surface area contributed by atoms with E-state index in [-0.39, 0.29) is 6.54 Å². The second-order valence-electron chi connectivity index (χ2n) is 2.42. The summed E-state index contributed by atoms with van der Waals surface area (Å²) in [4.78, 5) is 22.8. The van der Waals surface area contributed by atoms with Crippen molar-refractivity contribution in [1.29, 1.82) is 0 Å². The van der Waals surface area contributed by atoms with Crippen molar-refractivity contribution in [2.45, 2.75) is 6.10 Å². The molecule has 0 aromatic carbocycles. The van der Waals surface area contributed by atoms with Gasteiger partial charge in [-0.3, -0.25) is 9.69 Å². The van der Waals surface area contributed by atoms with Gasteiger partial charge in [0.05, 0.1) is 6.61 Å². The third-order valence-corrected chi connectivity index (χ3v) is 1.58. The van der Waals surface area contributed by atoms with Gasteiger partial charge in [0.2, 0.25) is 0 Å². The number of aliphatic hydroxyl groups is 2. The molecule has 1 fully saturated rings. The molecule has 1 heterocycles. The van der Waals surface area contributed by atoms with E-state index in [1.807, 2.05) is 0 Å². The number of nitrogens with zero attached hydrogens (tertiary/aromatic N) is 1. The van der Waals surface area contributed by atoms with E-state index >= 15 is 0 Å². The first kappa shape index (κ1) is 8.95. The molecule has 1 unspecified atom stereocenters. The van der Waals surface area contributed by atoms with Gasteiger partial charge in [0, 0.05) is 13.1 Å². The summed E-state index contributed by atoms with van der Waals surface area (Å²) in [6.45, 7) is -0.0277. The molecule has 12 heavy (non-hydrogen) atoms. The molecule has 0 aromatic rings. The summed E-state index contributed by atoms with van der Waals surface area (Å²) >= 11 is 0. The highest BCUT2D eigenvalue weighted by molar-refractivity contribution is 5.97. The molecular weight excluding hydrogens is 164 g/mol. The maximum Gasteiger partial charge on any atom is 0.324 e. The fourth-order valence-corrected chi connectivity index (χ4v) is 0.940. The summed E-state index contributed by atoms with van der Waals surface area (Å²) in [5, 5.41) is 19.7. The van der Waals surface area contributed by atoms with E-state index in [2.05, 4.69) is 5.32 Å². The molecule has 1 aliphatic heterocycles. The Labute approximate surface area is 68.8 Å². The maximum atomic E-state index is 11.0. The molecule has 1 aliphatic rings. The second kappa shape index (κ2) is 3.51. The molecule has 0 spiro atoms. The van der Waals surface area contributed by atoms with Crippen LogP contribution in [0.5, 0.6) is 0 Å². The highest BCUT2D eigenvalue weighted by atomic mass is 16.3. The number of rotatable bonds is 2. The Kier molecular flexibility index (Phi) is 2.61. The third-order valence-electron chi connectivity index (χ3n) is 1.58. The lowest BCUT2D eigenvalue weighted by Gasteiger charge is -2.14. The molecular formula is C6H10N2O4. The van der Waals surface area contributed by atoms with E-state index in [9.17, 15) is 9.59 Å². The lowest BCUT2D eigenvalue weighted by atomic mass is 10.3. The minimum atomic E-state index is -1.49. The van der Waals surface area contributed by atoms with Crippen LogP contribution in [0.1, 0.15) is 0 Å². The number of aliphatic hydroxyl groups excluding tert-OH is 2. The van der Waals surface area contributed by atoms with Gasteiger partial charge >= 0.3 is 6.03 Å². The van der Waals surface area contributed by atoms with Crippen molar-refractivity contribution in [2.24, 2.45) is 0 Å². The number of hydrogen-bond donors (Lipinski definition) is 3.